The van der Waals surface area contributed by atoms with Crippen molar-refractivity contribution in [2.75, 3.05) is 18.8 Å². The molecule has 1 aromatic carbocycles. The van der Waals surface area contributed by atoms with Crippen molar-refractivity contribution in [3.8, 4) is 0 Å². The van der Waals surface area contributed by atoms with Crippen LogP contribution in [-0.2, 0) is 0 Å². The summed E-state index contributed by atoms with van der Waals surface area (Å²) in [5.41, 5.74) is 0.394. The van der Waals surface area contributed by atoms with Gasteiger partial charge in [-0.15, -0.1) is 11.8 Å². The molecule has 1 aromatic rings. The van der Waals surface area contributed by atoms with Gasteiger partial charge in [-0.3, -0.25) is 0 Å². The third-order valence-electron chi connectivity index (χ3n) is 2.36. The van der Waals surface area contributed by atoms with E-state index < -0.39 is 5.97 Å². The zero-order valence-electron chi connectivity index (χ0n) is 10.1. The highest BCUT2D eigenvalue weighted by atomic mass is 32.2. The molecule has 94 valence electrons. The fourth-order valence-corrected chi connectivity index (χ4v) is 2.38. The lowest BCUT2D eigenvalue weighted by Crippen LogP contribution is -2.18. The van der Waals surface area contributed by atoms with Crippen molar-refractivity contribution < 1.29 is 9.90 Å². The lowest BCUT2D eigenvalue weighted by atomic mass is 10.2. The van der Waals surface area contributed by atoms with E-state index >= 15 is 0 Å². The average Bonchev–Trinajstić information content (AvgIpc) is 2.34. The van der Waals surface area contributed by atoms with Gasteiger partial charge in [-0.25, -0.2) is 4.79 Å². The number of benzene rings is 1. The molecule has 0 heterocycles. The van der Waals surface area contributed by atoms with Crippen LogP contribution in [0, 0.1) is 0 Å². The van der Waals surface area contributed by atoms with E-state index in [2.05, 4.69) is 12.2 Å². The number of thioether (sulfide) groups is 1. The van der Waals surface area contributed by atoms with E-state index in [0.717, 1.165) is 23.7 Å². The summed E-state index contributed by atoms with van der Waals surface area (Å²) in [7, 11) is 0. The highest BCUT2D eigenvalue weighted by Gasteiger charge is 2.08. The summed E-state index contributed by atoms with van der Waals surface area (Å²) in [6.45, 7) is 4.12. The highest BCUT2D eigenvalue weighted by Crippen LogP contribution is 2.21. The minimum atomic E-state index is -0.855. The van der Waals surface area contributed by atoms with Crippen molar-refractivity contribution in [3.63, 3.8) is 0 Å². The molecule has 0 aliphatic carbocycles. The number of carboxylic acid groups (broad SMARTS) is 1. The predicted octanol–water partition coefficient (Wildman–Crippen LogP) is 2.87. The molecule has 0 aliphatic rings. The molecule has 0 aromatic heterocycles. The standard InChI is InChI=1S/C13H19NO2S/c1-2-3-8-14-9-10-17-12-7-5-4-6-11(12)13(15)16/h4-7,14H,2-3,8-10H2,1H3,(H,15,16). The zero-order chi connectivity index (χ0) is 12.5. The Kier molecular flexibility index (Phi) is 6.74. The van der Waals surface area contributed by atoms with Crippen LogP contribution in [0.5, 0.6) is 0 Å². The molecule has 2 N–H and O–H groups in total. The Morgan fingerprint density at radius 1 is 1.35 bits per heavy atom. The van der Waals surface area contributed by atoms with Gasteiger partial charge < -0.3 is 10.4 Å². The molecule has 0 saturated carbocycles. The molecule has 17 heavy (non-hydrogen) atoms. The number of nitrogens with one attached hydrogen (secondary N) is 1. The van der Waals surface area contributed by atoms with Gasteiger partial charge in [0, 0.05) is 17.2 Å². The van der Waals surface area contributed by atoms with Crippen LogP contribution in [0.4, 0.5) is 0 Å². The van der Waals surface area contributed by atoms with Gasteiger partial charge in [-0.1, -0.05) is 25.5 Å². The lowest BCUT2D eigenvalue weighted by Gasteiger charge is -2.06. The number of carbonyl (C=O) groups is 1. The van der Waals surface area contributed by atoms with Gasteiger partial charge in [0.15, 0.2) is 0 Å². The topological polar surface area (TPSA) is 49.3 Å². The summed E-state index contributed by atoms with van der Waals surface area (Å²) in [5, 5.41) is 12.3. The van der Waals surface area contributed by atoms with E-state index in [9.17, 15) is 4.79 Å². The number of unbranched alkanes of at least 4 members (excludes halogenated alkanes) is 1. The molecule has 0 saturated heterocycles. The van der Waals surface area contributed by atoms with Crippen LogP contribution >= 0.6 is 11.8 Å². The number of hydrogen-bond acceptors (Lipinski definition) is 3. The van der Waals surface area contributed by atoms with Gasteiger partial charge in [-0.05, 0) is 25.1 Å². The zero-order valence-corrected chi connectivity index (χ0v) is 10.9. The number of rotatable bonds is 8. The van der Waals surface area contributed by atoms with Crippen LogP contribution in [0.25, 0.3) is 0 Å². The smallest absolute Gasteiger partial charge is 0.336 e. The Hall–Kier alpha value is -1.00. The summed E-state index contributed by atoms with van der Waals surface area (Å²) >= 11 is 1.59. The molecule has 0 amide bonds. The third kappa shape index (κ3) is 5.24. The average molecular weight is 253 g/mol. The lowest BCUT2D eigenvalue weighted by molar-refractivity contribution is 0.0693. The first kappa shape index (κ1) is 14.1. The summed E-state index contributed by atoms with van der Waals surface area (Å²) in [6, 6.07) is 7.14. The second kappa shape index (κ2) is 8.14. The van der Waals surface area contributed by atoms with E-state index in [0.29, 0.717) is 5.56 Å². The van der Waals surface area contributed by atoms with Crippen molar-refractivity contribution in [1.82, 2.24) is 5.32 Å². The molecule has 3 nitrogen and oxygen atoms in total. The summed E-state index contributed by atoms with van der Waals surface area (Å²) < 4.78 is 0. The van der Waals surface area contributed by atoms with E-state index in [4.69, 9.17) is 5.11 Å². The van der Waals surface area contributed by atoms with Crippen molar-refractivity contribution in [2.24, 2.45) is 0 Å². The molecule has 0 aliphatic heterocycles. The molecule has 0 unspecified atom stereocenters. The van der Waals surface area contributed by atoms with Crippen LogP contribution in [0.2, 0.25) is 0 Å². The largest absolute Gasteiger partial charge is 0.478 e. The SMILES string of the molecule is CCCCNCCSc1ccccc1C(=O)O. The first-order valence-electron chi connectivity index (χ1n) is 5.91. The molecule has 0 fully saturated rings. The predicted molar refractivity (Wildman–Crippen MR) is 71.9 cm³/mol. The third-order valence-corrected chi connectivity index (χ3v) is 3.44. The fourth-order valence-electron chi connectivity index (χ4n) is 1.43. The molecule has 4 heteroatoms. The maximum Gasteiger partial charge on any atom is 0.336 e. The first-order valence-corrected chi connectivity index (χ1v) is 6.90. The van der Waals surface area contributed by atoms with Crippen LogP contribution in [0.1, 0.15) is 30.1 Å². The summed E-state index contributed by atoms with van der Waals surface area (Å²) in [4.78, 5) is 11.8. The van der Waals surface area contributed by atoms with E-state index in [1.165, 1.54) is 12.8 Å². The van der Waals surface area contributed by atoms with E-state index in [1.807, 2.05) is 12.1 Å². The van der Waals surface area contributed by atoms with Gasteiger partial charge in [0.2, 0.25) is 0 Å². The second-order valence-electron chi connectivity index (χ2n) is 3.75. The molecule has 0 radical (unpaired) electrons. The number of hydrogen-bond donors (Lipinski definition) is 2. The summed E-state index contributed by atoms with van der Waals surface area (Å²) in [5.74, 6) is 0.0422. The van der Waals surface area contributed by atoms with Gasteiger partial charge in [-0.2, -0.15) is 0 Å². The monoisotopic (exact) mass is 253 g/mol. The maximum atomic E-state index is 11.0. The molecule has 1 rings (SSSR count). The van der Waals surface area contributed by atoms with Gasteiger partial charge in [0.1, 0.15) is 0 Å². The normalized spacial score (nSPS) is 10.4. The minimum absolute atomic E-state index is 0.394. The Bertz CT molecular complexity index is 355. The van der Waals surface area contributed by atoms with Gasteiger partial charge >= 0.3 is 5.97 Å². The second-order valence-corrected chi connectivity index (χ2v) is 4.89. The quantitative estimate of drug-likeness (QED) is 0.552. The number of carboxylic acids is 1. The Morgan fingerprint density at radius 3 is 2.82 bits per heavy atom. The summed E-state index contributed by atoms with van der Waals surface area (Å²) in [6.07, 6.45) is 2.39. The van der Waals surface area contributed by atoms with E-state index in [-0.39, 0.29) is 0 Å². The number of aromatic carboxylic acids is 1. The minimum Gasteiger partial charge on any atom is -0.478 e. The van der Waals surface area contributed by atoms with Crippen molar-refractivity contribution >= 4 is 17.7 Å². The van der Waals surface area contributed by atoms with Crippen LogP contribution in [-0.4, -0.2) is 29.9 Å². The van der Waals surface area contributed by atoms with Crippen LogP contribution in [0.3, 0.4) is 0 Å². The fraction of sp³-hybridized carbons (Fsp3) is 0.462. The Morgan fingerprint density at radius 2 is 2.12 bits per heavy atom. The molecule has 0 spiro atoms. The Balaban J connectivity index is 2.34. The maximum absolute atomic E-state index is 11.0. The van der Waals surface area contributed by atoms with Gasteiger partial charge in [0.25, 0.3) is 0 Å². The van der Waals surface area contributed by atoms with Crippen molar-refractivity contribution in [2.45, 2.75) is 24.7 Å². The Labute approximate surface area is 107 Å². The van der Waals surface area contributed by atoms with Crippen molar-refractivity contribution in [3.05, 3.63) is 29.8 Å². The molecule has 0 bridgehead atoms. The molecule has 0 atom stereocenters. The first-order chi connectivity index (χ1) is 8.25. The van der Waals surface area contributed by atoms with Crippen LogP contribution < -0.4 is 5.32 Å². The molecular weight excluding hydrogens is 234 g/mol. The van der Waals surface area contributed by atoms with Crippen LogP contribution in [0.15, 0.2) is 29.2 Å². The highest BCUT2D eigenvalue weighted by molar-refractivity contribution is 7.99. The molecular formula is C13H19NO2S. The van der Waals surface area contributed by atoms with E-state index in [1.54, 1.807) is 23.9 Å². The van der Waals surface area contributed by atoms with Crippen molar-refractivity contribution in [1.29, 1.82) is 0 Å². The van der Waals surface area contributed by atoms with Gasteiger partial charge in [0.05, 0.1) is 5.56 Å².